The van der Waals surface area contributed by atoms with Crippen molar-refractivity contribution in [2.24, 2.45) is 0 Å². The number of aliphatic hydroxyl groups is 1. The molecule has 0 spiro atoms. The number of amides is 1. The van der Waals surface area contributed by atoms with Gasteiger partial charge in [0.1, 0.15) is 0 Å². The number of nitrogens with one attached hydrogen (secondary N) is 1. The van der Waals surface area contributed by atoms with Crippen LogP contribution in [0.3, 0.4) is 0 Å². The molecule has 2 N–H and O–H groups in total. The Morgan fingerprint density at radius 3 is 2.85 bits per heavy atom. The minimum atomic E-state index is -0.638. The third kappa shape index (κ3) is 2.90. The Morgan fingerprint density at radius 1 is 1.55 bits per heavy atom. The van der Waals surface area contributed by atoms with Crippen LogP contribution in [0.1, 0.15) is 36.0 Å². The second kappa shape index (κ2) is 6.65. The van der Waals surface area contributed by atoms with Crippen molar-refractivity contribution in [3.63, 3.8) is 0 Å². The summed E-state index contributed by atoms with van der Waals surface area (Å²) in [6.07, 6.45) is 5.38. The Kier molecular flexibility index (Phi) is 4.89. The largest absolute Gasteiger partial charge is 0.395 e. The van der Waals surface area contributed by atoms with Crippen LogP contribution in [-0.4, -0.2) is 47.1 Å². The van der Waals surface area contributed by atoms with Crippen molar-refractivity contribution in [2.75, 3.05) is 25.5 Å². The van der Waals surface area contributed by atoms with Gasteiger partial charge in [0, 0.05) is 25.8 Å². The first kappa shape index (κ1) is 14.7. The molecule has 1 fully saturated rings. The van der Waals surface area contributed by atoms with Gasteiger partial charge in [0.15, 0.2) is 11.6 Å². The predicted octanol–water partition coefficient (Wildman–Crippen LogP) is 1.64. The highest BCUT2D eigenvalue weighted by molar-refractivity contribution is 5.95. The molecule has 1 aromatic rings. The highest BCUT2D eigenvalue weighted by Crippen LogP contribution is 2.26. The van der Waals surface area contributed by atoms with Crippen molar-refractivity contribution in [1.29, 1.82) is 0 Å². The van der Waals surface area contributed by atoms with Gasteiger partial charge >= 0.3 is 0 Å². The van der Waals surface area contributed by atoms with Crippen LogP contribution in [0.2, 0.25) is 0 Å². The lowest BCUT2D eigenvalue weighted by molar-refractivity contribution is 0.0633. The Labute approximate surface area is 117 Å². The summed E-state index contributed by atoms with van der Waals surface area (Å²) in [5.41, 5.74) is 0.00435. The average molecular weight is 281 g/mol. The number of halogens is 1. The van der Waals surface area contributed by atoms with Crippen molar-refractivity contribution < 1.29 is 14.3 Å². The van der Waals surface area contributed by atoms with Crippen LogP contribution >= 0.6 is 0 Å². The molecule has 0 unspecified atom stereocenters. The molecule has 1 aliphatic carbocycles. The van der Waals surface area contributed by atoms with Gasteiger partial charge in [0.2, 0.25) is 0 Å². The van der Waals surface area contributed by atoms with E-state index in [1.165, 1.54) is 12.3 Å². The zero-order valence-corrected chi connectivity index (χ0v) is 11.6. The smallest absolute Gasteiger partial charge is 0.257 e. The topological polar surface area (TPSA) is 65.5 Å². The van der Waals surface area contributed by atoms with E-state index in [-0.39, 0.29) is 36.5 Å². The van der Waals surface area contributed by atoms with Crippen molar-refractivity contribution in [3.05, 3.63) is 23.6 Å². The van der Waals surface area contributed by atoms with E-state index in [0.717, 1.165) is 25.7 Å². The summed E-state index contributed by atoms with van der Waals surface area (Å²) in [6.45, 7) is 0.119. The van der Waals surface area contributed by atoms with Gasteiger partial charge in [-0.15, -0.1) is 0 Å². The second-order valence-corrected chi connectivity index (χ2v) is 4.93. The number of aliphatic hydroxyl groups excluding tert-OH is 1. The molecule has 1 heterocycles. The highest BCUT2D eigenvalue weighted by Gasteiger charge is 2.29. The molecule has 0 atom stereocenters. The summed E-state index contributed by atoms with van der Waals surface area (Å²) >= 11 is 0. The van der Waals surface area contributed by atoms with Gasteiger partial charge in [0.25, 0.3) is 5.91 Å². The molecule has 1 aromatic heterocycles. The third-order valence-electron chi connectivity index (χ3n) is 3.72. The molecule has 5 nitrogen and oxygen atoms in total. The van der Waals surface area contributed by atoms with E-state index in [9.17, 15) is 9.18 Å². The first-order chi connectivity index (χ1) is 9.69. The van der Waals surface area contributed by atoms with Gasteiger partial charge in [-0.3, -0.25) is 4.79 Å². The summed E-state index contributed by atoms with van der Waals surface area (Å²) in [4.78, 5) is 18.0. The second-order valence-electron chi connectivity index (χ2n) is 4.93. The molecule has 1 amide bonds. The van der Waals surface area contributed by atoms with Gasteiger partial charge in [-0.05, 0) is 18.9 Å². The summed E-state index contributed by atoms with van der Waals surface area (Å²) < 4.78 is 14.2. The quantitative estimate of drug-likeness (QED) is 0.861. The zero-order chi connectivity index (χ0) is 14.5. The first-order valence-corrected chi connectivity index (χ1v) is 6.93. The van der Waals surface area contributed by atoms with Gasteiger partial charge < -0.3 is 15.3 Å². The van der Waals surface area contributed by atoms with Crippen LogP contribution in [0.25, 0.3) is 0 Å². The van der Waals surface area contributed by atoms with Gasteiger partial charge in [-0.2, -0.15) is 0 Å². The van der Waals surface area contributed by atoms with Gasteiger partial charge in [0.05, 0.1) is 12.2 Å². The van der Waals surface area contributed by atoms with Gasteiger partial charge in [-0.25, -0.2) is 9.37 Å². The van der Waals surface area contributed by atoms with Crippen molar-refractivity contribution in [1.82, 2.24) is 9.88 Å². The fourth-order valence-electron chi connectivity index (χ4n) is 2.71. The first-order valence-electron chi connectivity index (χ1n) is 6.93. The van der Waals surface area contributed by atoms with E-state index < -0.39 is 5.82 Å². The van der Waals surface area contributed by atoms with E-state index in [4.69, 9.17) is 5.11 Å². The Morgan fingerprint density at radius 2 is 2.25 bits per heavy atom. The molecule has 1 aliphatic rings. The maximum Gasteiger partial charge on any atom is 0.257 e. The molecule has 2 rings (SSSR count). The molecular formula is C14H20FN3O2. The van der Waals surface area contributed by atoms with E-state index in [0.29, 0.717) is 0 Å². The number of hydrogen-bond acceptors (Lipinski definition) is 4. The number of carbonyl (C=O) groups excluding carboxylic acids is 1. The maximum absolute atomic E-state index is 14.2. The van der Waals surface area contributed by atoms with Crippen molar-refractivity contribution in [2.45, 2.75) is 31.7 Å². The summed E-state index contributed by atoms with van der Waals surface area (Å²) in [6, 6.07) is 1.48. The van der Waals surface area contributed by atoms with E-state index in [1.807, 2.05) is 0 Å². The van der Waals surface area contributed by atoms with Crippen LogP contribution in [0.15, 0.2) is 12.3 Å². The van der Waals surface area contributed by atoms with Crippen LogP contribution in [0, 0.1) is 5.82 Å². The van der Waals surface area contributed by atoms with Crippen LogP contribution in [0.4, 0.5) is 10.2 Å². The van der Waals surface area contributed by atoms with E-state index in [1.54, 1.807) is 11.9 Å². The molecule has 0 bridgehead atoms. The molecule has 6 heteroatoms. The third-order valence-corrected chi connectivity index (χ3v) is 3.72. The average Bonchev–Trinajstić information content (AvgIpc) is 2.98. The molecule has 0 aliphatic heterocycles. The monoisotopic (exact) mass is 281 g/mol. The number of anilines is 1. The summed E-state index contributed by atoms with van der Waals surface area (Å²) in [5.74, 6) is -0.950. The number of pyridine rings is 1. The van der Waals surface area contributed by atoms with Crippen molar-refractivity contribution in [3.8, 4) is 0 Å². The molecule has 0 saturated heterocycles. The zero-order valence-electron chi connectivity index (χ0n) is 11.6. The molecule has 1 saturated carbocycles. The number of hydrogen-bond donors (Lipinski definition) is 2. The predicted molar refractivity (Wildman–Crippen MR) is 74.1 cm³/mol. The SMILES string of the molecule is CNc1nccc(C(=O)N(CCO)C2CCCC2)c1F. The standard InChI is InChI=1S/C14H20FN3O2/c1-16-13-12(15)11(6-7-17-13)14(20)18(8-9-19)10-4-2-3-5-10/h6-7,10,19H,2-5,8-9H2,1H3,(H,16,17). The van der Waals surface area contributed by atoms with Crippen LogP contribution in [0.5, 0.6) is 0 Å². The number of nitrogens with zero attached hydrogens (tertiary/aromatic N) is 2. The molecule has 0 aromatic carbocycles. The highest BCUT2D eigenvalue weighted by atomic mass is 19.1. The fourth-order valence-corrected chi connectivity index (χ4v) is 2.71. The number of aromatic nitrogens is 1. The molecule has 20 heavy (non-hydrogen) atoms. The number of rotatable bonds is 5. The summed E-state index contributed by atoms with van der Waals surface area (Å²) in [5, 5.41) is 11.8. The summed E-state index contributed by atoms with van der Waals surface area (Å²) in [7, 11) is 1.56. The number of carbonyl (C=O) groups is 1. The Bertz CT molecular complexity index is 475. The molecular weight excluding hydrogens is 261 g/mol. The Hall–Kier alpha value is -1.69. The van der Waals surface area contributed by atoms with Crippen LogP contribution in [-0.2, 0) is 0 Å². The van der Waals surface area contributed by atoms with Crippen molar-refractivity contribution >= 4 is 11.7 Å². The van der Waals surface area contributed by atoms with Crippen LogP contribution < -0.4 is 5.32 Å². The van der Waals surface area contributed by atoms with Gasteiger partial charge in [-0.1, -0.05) is 12.8 Å². The van der Waals surface area contributed by atoms with E-state index >= 15 is 0 Å². The maximum atomic E-state index is 14.2. The Balaban J connectivity index is 2.27. The normalized spacial score (nSPS) is 15.3. The minimum absolute atomic E-state index is 0.00435. The minimum Gasteiger partial charge on any atom is -0.395 e. The molecule has 110 valence electrons. The van der Waals surface area contributed by atoms with E-state index in [2.05, 4.69) is 10.3 Å². The fraction of sp³-hybridized carbons (Fsp3) is 0.571. The lowest BCUT2D eigenvalue weighted by Crippen LogP contribution is -2.41. The lowest BCUT2D eigenvalue weighted by atomic mass is 10.1. The lowest BCUT2D eigenvalue weighted by Gasteiger charge is -2.28. The molecule has 0 radical (unpaired) electrons.